The van der Waals surface area contributed by atoms with Gasteiger partial charge >= 0.3 is 5.97 Å². The van der Waals surface area contributed by atoms with E-state index in [2.05, 4.69) is 18.6 Å². The zero-order valence-corrected chi connectivity index (χ0v) is 11.2. The SMILES string of the molecule is CC1CCC(NS(=O)(=O)CCCC(=O)O)C1C. The van der Waals surface area contributed by atoms with Gasteiger partial charge in [0.2, 0.25) is 10.0 Å². The van der Waals surface area contributed by atoms with Crippen LogP contribution >= 0.6 is 0 Å². The molecule has 1 fully saturated rings. The van der Waals surface area contributed by atoms with Gasteiger partial charge in [-0.25, -0.2) is 13.1 Å². The van der Waals surface area contributed by atoms with Crippen molar-refractivity contribution >= 4 is 16.0 Å². The molecule has 6 heteroatoms. The van der Waals surface area contributed by atoms with E-state index in [9.17, 15) is 13.2 Å². The van der Waals surface area contributed by atoms with Crippen LogP contribution in [0.5, 0.6) is 0 Å². The largest absolute Gasteiger partial charge is 0.481 e. The molecule has 1 aliphatic carbocycles. The molecule has 0 heterocycles. The van der Waals surface area contributed by atoms with Crippen molar-refractivity contribution in [2.75, 3.05) is 5.75 Å². The van der Waals surface area contributed by atoms with Crippen LogP contribution in [0.2, 0.25) is 0 Å². The summed E-state index contributed by atoms with van der Waals surface area (Å²) in [6.45, 7) is 4.19. The van der Waals surface area contributed by atoms with E-state index in [0.717, 1.165) is 12.8 Å². The molecule has 100 valence electrons. The van der Waals surface area contributed by atoms with Crippen LogP contribution in [0.1, 0.15) is 39.5 Å². The number of sulfonamides is 1. The van der Waals surface area contributed by atoms with Gasteiger partial charge in [-0.1, -0.05) is 13.8 Å². The van der Waals surface area contributed by atoms with E-state index in [1.54, 1.807) is 0 Å². The van der Waals surface area contributed by atoms with Crippen LogP contribution in [-0.4, -0.2) is 31.3 Å². The summed E-state index contributed by atoms with van der Waals surface area (Å²) in [5, 5.41) is 8.46. The highest BCUT2D eigenvalue weighted by molar-refractivity contribution is 7.89. The zero-order chi connectivity index (χ0) is 13.1. The minimum absolute atomic E-state index is 0.0137. The summed E-state index contributed by atoms with van der Waals surface area (Å²) >= 11 is 0. The minimum Gasteiger partial charge on any atom is -0.481 e. The van der Waals surface area contributed by atoms with Crippen LogP contribution < -0.4 is 4.72 Å². The first kappa shape index (κ1) is 14.4. The van der Waals surface area contributed by atoms with E-state index in [0.29, 0.717) is 11.8 Å². The lowest BCUT2D eigenvalue weighted by molar-refractivity contribution is -0.137. The van der Waals surface area contributed by atoms with Crippen molar-refractivity contribution in [2.45, 2.75) is 45.6 Å². The summed E-state index contributed by atoms with van der Waals surface area (Å²) in [5.41, 5.74) is 0. The summed E-state index contributed by atoms with van der Waals surface area (Å²) in [6, 6.07) is 0.0137. The van der Waals surface area contributed by atoms with Gasteiger partial charge in [0.15, 0.2) is 0 Å². The van der Waals surface area contributed by atoms with Crippen molar-refractivity contribution in [3.05, 3.63) is 0 Å². The van der Waals surface area contributed by atoms with Crippen LogP contribution in [0.4, 0.5) is 0 Å². The molecule has 0 aromatic rings. The second-order valence-electron chi connectivity index (χ2n) is 4.95. The van der Waals surface area contributed by atoms with Crippen LogP contribution in [0.15, 0.2) is 0 Å². The lowest BCUT2D eigenvalue weighted by Gasteiger charge is -2.19. The van der Waals surface area contributed by atoms with Crippen LogP contribution in [0, 0.1) is 11.8 Å². The maximum absolute atomic E-state index is 11.7. The van der Waals surface area contributed by atoms with Gasteiger partial charge in [-0.15, -0.1) is 0 Å². The Balaban J connectivity index is 2.41. The lowest BCUT2D eigenvalue weighted by atomic mass is 9.98. The van der Waals surface area contributed by atoms with Gasteiger partial charge in [-0.05, 0) is 31.1 Å². The normalized spacial score (nSPS) is 29.4. The van der Waals surface area contributed by atoms with Crippen LogP contribution in [-0.2, 0) is 14.8 Å². The maximum atomic E-state index is 11.7. The molecule has 2 N–H and O–H groups in total. The Morgan fingerprint density at radius 1 is 1.35 bits per heavy atom. The molecular weight excluding hydrogens is 242 g/mol. The predicted octanol–water partition coefficient (Wildman–Crippen LogP) is 1.21. The first-order chi connectivity index (χ1) is 7.82. The monoisotopic (exact) mass is 263 g/mol. The Morgan fingerprint density at radius 3 is 2.47 bits per heavy atom. The van der Waals surface area contributed by atoms with Gasteiger partial charge in [0, 0.05) is 12.5 Å². The van der Waals surface area contributed by atoms with Crippen molar-refractivity contribution in [3.8, 4) is 0 Å². The average molecular weight is 263 g/mol. The van der Waals surface area contributed by atoms with Crippen LogP contribution in [0.3, 0.4) is 0 Å². The van der Waals surface area contributed by atoms with E-state index >= 15 is 0 Å². The van der Waals surface area contributed by atoms with Gasteiger partial charge in [-0.3, -0.25) is 4.79 Å². The lowest BCUT2D eigenvalue weighted by Crippen LogP contribution is -2.38. The maximum Gasteiger partial charge on any atom is 0.303 e. The highest BCUT2D eigenvalue weighted by Gasteiger charge is 2.32. The van der Waals surface area contributed by atoms with Gasteiger partial charge in [0.1, 0.15) is 0 Å². The molecule has 0 spiro atoms. The second kappa shape index (κ2) is 5.82. The molecule has 1 rings (SSSR count). The number of hydrogen-bond acceptors (Lipinski definition) is 3. The first-order valence-corrected chi connectivity index (χ1v) is 7.69. The molecule has 3 atom stereocenters. The fourth-order valence-corrected chi connectivity index (χ4v) is 3.67. The summed E-state index contributed by atoms with van der Waals surface area (Å²) in [6.07, 6.45) is 1.99. The zero-order valence-electron chi connectivity index (χ0n) is 10.3. The molecule has 0 aromatic carbocycles. The first-order valence-electron chi connectivity index (χ1n) is 6.03. The Bertz CT molecular complexity index is 366. The van der Waals surface area contributed by atoms with Crippen molar-refractivity contribution in [1.82, 2.24) is 4.72 Å². The van der Waals surface area contributed by atoms with Gasteiger partial charge < -0.3 is 5.11 Å². The molecular formula is C11H21NO4S. The second-order valence-corrected chi connectivity index (χ2v) is 6.83. The quantitative estimate of drug-likeness (QED) is 0.754. The highest BCUT2D eigenvalue weighted by Crippen LogP contribution is 2.31. The smallest absolute Gasteiger partial charge is 0.303 e. The van der Waals surface area contributed by atoms with Gasteiger partial charge in [-0.2, -0.15) is 0 Å². The van der Waals surface area contributed by atoms with Crippen molar-refractivity contribution in [2.24, 2.45) is 11.8 Å². The molecule has 0 radical (unpaired) electrons. The molecule has 17 heavy (non-hydrogen) atoms. The van der Waals surface area contributed by atoms with E-state index in [1.165, 1.54) is 0 Å². The summed E-state index contributed by atoms with van der Waals surface area (Å²) in [4.78, 5) is 10.3. The predicted molar refractivity (Wildman–Crippen MR) is 65.1 cm³/mol. The van der Waals surface area contributed by atoms with Crippen LogP contribution in [0.25, 0.3) is 0 Å². The Hall–Kier alpha value is -0.620. The third-order valence-electron chi connectivity index (χ3n) is 3.60. The molecule has 0 aromatic heterocycles. The average Bonchev–Trinajstić information content (AvgIpc) is 2.48. The van der Waals surface area contributed by atoms with Gasteiger partial charge in [0.05, 0.1) is 5.75 Å². The number of carboxylic acids is 1. The molecule has 0 saturated heterocycles. The molecule has 0 bridgehead atoms. The molecule has 3 unspecified atom stereocenters. The summed E-state index contributed by atoms with van der Waals surface area (Å²) in [5.74, 6) is -0.161. The fraction of sp³-hybridized carbons (Fsp3) is 0.909. The molecule has 1 saturated carbocycles. The summed E-state index contributed by atoms with van der Waals surface area (Å²) < 4.78 is 26.1. The number of carbonyl (C=O) groups is 1. The standard InChI is InChI=1S/C11H21NO4S/c1-8-5-6-10(9(8)2)12-17(15,16)7-3-4-11(13)14/h8-10,12H,3-7H2,1-2H3,(H,13,14). The molecule has 5 nitrogen and oxygen atoms in total. The Labute approximate surface area is 103 Å². The minimum atomic E-state index is -3.33. The third kappa shape index (κ3) is 4.63. The fourth-order valence-electron chi connectivity index (χ4n) is 2.23. The molecule has 0 aliphatic heterocycles. The van der Waals surface area contributed by atoms with E-state index in [4.69, 9.17) is 5.11 Å². The van der Waals surface area contributed by atoms with Crippen molar-refractivity contribution in [3.63, 3.8) is 0 Å². The van der Waals surface area contributed by atoms with E-state index in [-0.39, 0.29) is 24.6 Å². The topological polar surface area (TPSA) is 83.5 Å². The van der Waals surface area contributed by atoms with Gasteiger partial charge in [0.25, 0.3) is 0 Å². The molecule has 1 aliphatic rings. The Kier molecular flexibility index (Phi) is 4.94. The number of hydrogen-bond donors (Lipinski definition) is 2. The number of rotatable bonds is 6. The Morgan fingerprint density at radius 2 is 2.00 bits per heavy atom. The number of aliphatic carboxylic acids is 1. The van der Waals surface area contributed by atoms with E-state index < -0.39 is 16.0 Å². The van der Waals surface area contributed by atoms with E-state index in [1.807, 2.05) is 0 Å². The van der Waals surface area contributed by atoms with Crippen molar-refractivity contribution in [1.29, 1.82) is 0 Å². The number of nitrogens with one attached hydrogen (secondary N) is 1. The highest BCUT2D eigenvalue weighted by atomic mass is 32.2. The third-order valence-corrected chi connectivity index (χ3v) is 5.09. The summed E-state index contributed by atoms with van der Waals surface area (Å²) in [7, 11) is -3.33. The number of carboxylic acid groups (broad SMARTS) is 1. The molecule has 0 amide bonds. The van der Waals surface area contributed by atoms with Crippen molar-refractivity contribution < 1.29 is 18.3 Å².